The molecular formula is C27H42O4. The van der Waals surface area contributed by atoms with E-state index >= 15 is 0 Å². The summed E-state index contributed by atoms with van der Waals surface area (Å²) in [6, 6.07) is 0. The monoisotopic (exact) mass is 430 g/mol. The van der Waals surface area contributed by atoms with Crippen molar-refractivity contribution in [3.05, 3.63) is 11.6 Å². The van der Waals surface area contributed by atoms with E-state index in [9.17, 15) is 10.2 Å². The number of aliphatic hydroxyl groups is 2. The summed E-state index contributed by atoms with van der Waals surface area (Å²) in [5, 5.41) is 21.4. The average Bonchev–Trinajstić information content (AvgIpc) is 3.16. The van der Waals surface area contributed by atoms with Gasteiger partial charge in [0.15, 0.2) is 5.79 Å². The molecule has 5 fully saturated rings. The molecule has 0 aromatic rings. The number of ether oxygens (including phenoxy) is 2. The van der Waals surface area contributed by atoms with Gasteiger partial charge in [-0.3, -0.25) is 0 Å². The van der Waals surface area contributed by atoms with E-state index < -0.39 is 6.10 Å². The maximum absolute atomic E-state index is 11.1. The third-order valence-corrected chi connectivity index (χ3v) is 11.4. The van der Waals surface area contributed by atoms with Gasteiger partial charge in [-0.15, -0.1) is 0 Å². The third-order valence-electron chi connectivity index (χ3n) is 11.4. The van der Waals surface area contributed by atoms with Gasteiger partial charge in [-0.1, -0.05) is 39.3 Å². The van der Waals surface area contributed by atoms with Crippen LogP contribution in [0.1, 0.15) is 79.1 Å². The second-order valence-corrected chi connectivity index (χ2v) is 12.8. The highest BCUT2D eigenvalue weighted by molar-refractivity contribution is 5.28. The minimum Gasteiger partial charge on any atom is -0.393 e. The molecule has 174 valence electrons. The maximum atomic E-state index is 11.1. The van der Waals surface area contributed by atoms with Crippen molar-refractivity contribution in [1.29, 1.82) is 0 Å². The van der Waals surface area contributed by atoms with Crippen LogP contribution in [0.2, 0.25) is 0 Å². The van der Waals surface area contributed by atoms with E-state index in [0.717, 1.165) is 32.3 Å². The van der Waals surface area contributed by atoms with Gasteiger partial charge in [0.2, 0.25) is 0 Å². The van der Waals surface area contributed by atoms with Gasteiger partial charge in [-0.05, 0) is 73.5 Å². The topological polar surface area (TPSA) is 58.9 Å². The third kappa shape index (κ3) is 2.68. The van der Waals surface area contributed by atoms with Crippen LogP contribution in [-0.4, -0.2) is 40.9 Å². The first kappa shape index (κ1) is 21.1. The maximum Gasteiger partial charge on any atom is 0.171 e. The molecule has 4 aliphatic carbocycles. The first-order chi connectivity index (χ1) is 14.7. The van der Waals surface area contributed by atoms with Crippen LogP contribution in [0.25, 0.3) is 0 Å². The second kappa shape index (κ2) is 6.81. The molecule has 3 saturated carbocycles. The summed E-state index contributed by atoms with van der Waals surface area (Å²) < 4.78 is 13.3. The molecule has 2 aliphatic heterocycles. The molecular weight excluding hydrogens is 388 g/mol. The largest absolute Gasteiger partial charge is 0.393 e. The van der Waals surface area contributed by atoms with E-state index in [4.69, 9.17) is 9.47 Å². The minimum atomic E-state index is -0.420. The highest BCUT2D eigenvalue weighted by atomic mass is 16.7. The van der Waals surface area contributed by atoms with Gasteiger partial charge in [0.05, 0.1) is 24.9 Å². The molecule has 2 heterocycles. The molecule has 0 aromatic carbocycles. The Morgan fingerprint density at radius 2 is 1.84 bits per heavy atom. The Bertz CT molecular complexity index is 769. The fourth-order valence-electron chi connectivity index (χ4n) is 9.72. The Kier molecular flexibility index (Phi) is 4.64. The number of allylic oxidation sites excluding steroid dienone is 1. The quantitative estimate of drug-likeness (QED) is 0.548. The molecule has 4 heteroatoms. The zero-order chi connectivity index (χ0) is 21.8. The molecule has 31 heavy (non-hydrogen) atoms. The standard InChI is InChI=1S/C27H42O4/c1-15-7-10-27(30-14-15)16(2)24-22(31-27)13-21-19-6-5-17-11-18(28)12-23(29)26(17,4)20(19)8-9-25(21,24)3/h5,15-16,18-24,28-29H,6-14H2,1-4H3/t15-,16+,18+,19+,20+,21-,22+,23-,24+,25+,26+,27-/m1/s1. The molecule has 0 aromatic heterocycles. The van der Waals surface area contributed by atoms with Crippen LogP contribution < -0.4 is 0 Å². The molecule has 12 atom stereocenters. The van der Waals surface area contributed by atoms with Crippen LogP contribution in [0.15, 0.2) is 11.6 Å². The lowest BCUT2D eigenvalue weighted by Crippen LogP contribution is -2.56. The van der Waals surface area contributed by atoms with E-state index in [1.54, 1.807) is 0 Å². The van der Waals surface area contributed by atoms with E-state index in [1.807, 2.05) is 0 Å². The van der Waals surface area contributed by atoms with Crippen LogP contribution in [0.5, 0.6) is 0 Å². The zero-order valence-electron chi connectivity index (χ0n) is 19.8. The van der Waals surface area contributed by atoms with E-state index in [2.05, 4.69) is 33.8 Å². The number of fused-ring (bicyclic) bond motifs is 7. The van der Waals surface area contributed by atoms with Crippen molar-refractivity contribution in [3.63, 3.8) is 0 Å². The predicted molar refractivity (Wildman–Crippen MR) is 119 cm³/mol. The summed E-state index contributed by atoms with van der Waals surface area (Å²) in [4.78, 5) is 0. The van der Waals surface area contributed by atoms with Crippen LogP contribution in [-0.2, 0) is 9.47 Å². The van der Waals surface area contributed by atoms with E-state index in [1.165, 1.54) is 24.8 Å². The van der Waals surface area contributed by atoms with E-state index in [0.29, 0.717) is 53.4 Å². The SMILES string of the molecule is C[C@@H]1CC[C@@]2(OC1)O[C@H]1C[C@@H]3[C@H]4CC=C5C[C@H](O)C[C@@H](O)[C@]5(C)[C@H]4CC[C@]3(C)[C@H]1[C@@H]2C. The molecule has 0 bridgehead atoms. The second-order valence-electron chi connectivity index (χ2n) is 12.8. The highest BCUT2D eigenvalue weighted by Gasteiger charge is 2.69. The summed E-state index contributed by atoms with van der Waals surface area (Å²) in [6.07, 6.45) is 10.2. The van der Waals surface area contributed by atoms with Crippen LogP contribution in [0.4, 0.5) is 0 Å². The molecule has 2 saturated heterocycles. The Hall–Kier alpha value is -0.420. The Labute approximate surface area is 187 Å². The number of hydrogen-bond acceptors (Lipinski definition) is 4. The van der Waals surface area contributed by atoms with Crippen molar-refractivity contribution < 1.29 is 19.7 Å². The molecule has 0 amide bonds. The number of hydrogen-bond donors (Lipinski definition) is 2. The van der Waals surface area contributed by atoms with Crippen molar-refractivity contribution in [2.24, 2.45) is 46.3 Å². The predicted octanol–water partition coefficient (Wildman–Crippen LogP) is 4.68. The van der Waals surface area contributed by atoms with Gasteiger partial charge >= 0.3 is 0 Å². The molecule has 6 aliphatic rings. The first-order valence-corrected chi connectivity index (χ1v) is 13.1. The van der Waals surface area contributed by atoms with Crippen molar-refractivity contribution in [2.75, 3.05) is 6.61 Å². The highest BCUT2D eigenvalue weighted by Crippen LogP contribution is 2.70. The average molecular weight is 431 g/mol. The fraction of sp³-hybridized carbons (Fsp3) is 0.926. The van der Waals surface area contributed by atoms with Crippen LogP contribution in [0.3, 0.4) is 0 Å². The molecule has 0 unspecified atom stereocenters. The fourth-order valence-corrected chi connectivity index (χ4v) is 9.72. The Morgan fingerprint density at radius 1 is 1.03 bits per heavy atom. The molecule has 1 spiro atoms. The van der Waals surface area contributed by atoms with Crippen molar-refractivity contribution in [3.8, 4) is 0 Å². The van der Waals surface area contributed by atoms with Crippen LogP contribution in [0, 0.1) is 46.3 Å². The van der Waals surface area contributed by atoms with Crippen LogP contribution >= 0.6 is 0 Å². The van der Waals surface area contributed by atoms with Gasteiger partial charge in [-0.25, -0.2) is 0 Å². The molecule has 4 nitrogen and oxygen atoms in total. The van der Waals surface area contributed by atoms with Crippen molar-refractivity contribution in [1.82, 2.24) is 0 Å². The summed E-state index contributed by atoms with van der Waals surface area (Å²) in [5.41, 5.74) is 1.48. The van der Waals surface area contributed by atoms with Crippen molar-refractivity contribution in [2.45, 2.75) is 103 Å². The lowest BCUT2D eigenvalue weighted by molar-refractivity contribution is -0.272. The number of rotatable bonds is 0. The smallest absolute Gasteiger partial charge is 0.171 e. The van der Waals surface area contributed by atoms with Crippen molar-refractivity contribution >= 4 is 0 Å². The number of aliphatic hydroxyl groups excluding tert-OH is 2. The Balaban J connectivity index is 1.29. The minimum absolute atomic E-state index is 0.155. The summed E-state index contributed by atoms with van der Waals surface area (Å²) in [5.74, 6) is 3.17. The van der Waals surface area contributed by atoms with E-state index in [-0.39, 0.29) is 17.3 Å². The van der Waals surface area contributed by atoms with Gasteiger partial charge in [-0.2, -0.15) is 0 Å². The Morgan fingerprint density at radius 3 is 2.58 bits per heavy atom. The lowest BCUT2D eigenvalue weighted by atomic mass is 9.46. The van der Waals surface area contributed by atoms with Gasteiger partial charge in [0.25, 0.3) is 0 Å². The first-order valence-electron chi connectivity index (χ1n) is 13.1. The summed E-state index contributed by atoms with van der Waals surface area (Å²) in [6.45, 7) is 10.4. The van der Waals surface area contributed by atoms with Gasteiger partial charge in [0.1, 0.15) is 0 Å². The van der Waals surface area contributed by atoms with Gasteiger partial charge < -0.3 is 19.7 Å². The normalized spacial score (nSPS) is 60.7. The molecule has 0 radical (unpaired) electrons. The zero-order valence-corrected chi connectivity index (χ0v) is 19.8. The summed E-state index contributed by atoms with van der Waals surface area (Å²) in [7, 11) is 0. The lowest BCUT2D eigenvalue weighted by Gasteiger charge is -2.59. The molecule has 2 N–H and O–H groups in total. The summed E-state index contributed by atoms with van der Waals surface area (Å²) >= 11 is 0. The van der Waals surface area contributed by atoms with Gasteiger partial charge in [0, 0.05) is 24.2 Å². The molecule has 6 rings (SSSR count).